The number of amides is 2. The summed E-state index contributed by atoms with van der Waals surface area (Å²) in [4.78, 5) is 41.2. The highest BCUT2D eigenvalue weighted by Crippen LogP contribution is 2.31. The Hall–Kier alpha value is -2.71. The van der Waals surface area contributed by atoms with Gasteiger partial charge in [-0.15, -0.1) is 0 Å². The molecule has 0 atom stereocenters. The molecule has 4 heterocycles. The van der Waals surface area contributed by atoms with Crippen molar-refractivity contribution in [1.82, 2.24) is 14.9 Å². The van der Waals surface area contributed by atoms with Gasteiger partial charge >= 0.3 is 0 Å². The summed E-state index contributed by atoms with van der Waals surface area (Å²) in [5, 5.41) is 1.46. The van der Waals surface area contributed by atoms with Crippen LogP contribution in [0.3, 0.4) is 0 Å². The van der Waals surface area contributed by atoms with Crippen molar-refractivity contribution in [1.29, 1.82) is 0 Å². The van der Waals surface area contributed by atoms with E-state index in [0.717, 1.165) is 21.9 Å². The molecular weight excluding hydrogens is 422 g/mol. The summed E-state index contributed by atoms with van der Waals surface area (Å²) in [7, 11) is 0. The van der Waals surface area contributed by atoms with Crippen LogP contribution in [0.2, 0.25) is 5.02 Å². The Labute approximate surface area is 182 Å². The number of fused-ring (bicyclic) bond motifs is 1. The molecule has 0 N–H and O–H groups in total. The summed E-state index contributed by atoms with van der Waals surface area (Å²) >= 11 is 7.75. The van der Waals surface area contributed by atoms with Crippen LogP contribution in [-0.2, 0) is 4.79 Å². The Morgan fingerprint density at radius 3 is 2.67 bits per heavy atom. The van der Waals surface area contributed by atoms with Gasteiger partial charge < -0.3 is 14.7 Å². The highest BCUT2D eigenvalue weighted by Gasteiger charge is 2.30. The molecule has 2 aliphatic rings. The quantitative estimate of drug-likeness (QED) is 0.622. The lowest BCUT2D eigenvalue weighted by Gasteiger charge is -2.35. The van der Waals surface area contributed by atoms with Crippen molar-refractivity contribution >= 4 is 55.9 Å². The number of aromatic nitrogens is 2. The van der Waals surface area contributed by atoms with E-state index < -0.39 is 0 Å². The van der Waals surface area contributed by atoms with Crippen LogP contribution >= 0.6 is 22.9 Å². The number of carbonyl (C=O) groups excluding carboxylic acids is 2. The average molecular weight is 442 g/mol. The number of carbonyl (C=O) groups is 2. The monoisotopic (exact) mass is 441 g/mol. The van der Waals surface area contributed by atoms with Gasteiger partial charge in [0.25, 0.3) is 5.91 Å². The van der Waals surface area contributed by atoms with E-state index in [1.165, 1.54) is 0 Å². The number of benzene rings is 1. The van der Waals surface area contributed by atoms with Crippen LogP contribution in [0.25, 0.3) is 10.3 Å². The Morgan fingerprint density at radius 2 is 1.93 bits per heavy atom. The fraction of sp³-hybridized carbons (Fsp3) is 0.333. The summed E-state index contributed by atoms with van der Waals surface area (Å²) in [6.45, 7) is 3.23. The maximum Gasteiger partial charge on any atom is 0.256 e. The number of anilines is 2. The van der Waals surface area contributed by atoms with E-state index in [0.29, 0.717) is 55.4 Å². The number of hydrogen-bond donors (Lipinski definition) is 0. The van der Waals surface area contributed by atoms with Gasteiger partial charge in [-0.1, -0.05) is 22.9 Å². The third-order valence-electron chi connectivity index (χ3n) is 5.55. The molecule has 7 nitrogen and oxygen atoms in total. The number of pyridine rings is 1. The maximum absolute atomic E-state index is 13.3. The molecular formula is C21H20ClN5O2S. The van der Waals surface area contributed by atoms with E-state index in [9.17, 15) is 9.59 Å². The minimum absolute atomic E-state index is 0.0422. The highest BCUT2D eigenvalue weighted by atomic mass is 35.5. The van der Waals surface area contributed by atoms with E-state index in [2.05, 4.69) is 14.9 Å². The Morgan fingerprint density at radius 1 is 1.10 bits per heavy atom. The Bertz CT molecular complexity index is 1090. The van der Waals surface area contributed by atoms with E-state index >= 15 is 0 Å². The maximum atomic E-state index is 13.3. The zero-order valence-corrected chi connectivity index (χ0v) is 17.8. The van der Waals surface area contributed by atoms with Crippen LogP contribution in [-0.4, -0.2) is 59.4 Å². The van der Waals surface area contributed by atoms with Crippen LogP contribution in [0.5, 0.6) is 0 Å². The molecule has 154 valence electrons. The van der Waals surface area contributed by atoms with Crippen molar-refractivity contribution in [2.24, 2.45) is 0 Å². The van der Waals surface area contributed by atoms with Gasteiger partial charge in [0.2, 0.25) is 5.91 Å². The molecule has 0 spiro atoms. The molecule has 2 aliphatic heterocycles. The topological polar surface area (TPSA) is 69.6 Å². The molecule has 0 radical (unpaired) electrons. The standard InChI is InChI=1S/C21H20ClN5O2S/c22-14-5-6-15(17(13-14)27-8-2-4-18(27)28)20(29)25-9-11-26(12-10-25)21-24-16-3-1-7-23-19(16)30-21/h1,3,5-7,13H,2,4,8-12H2. The summed E-state index contributed by atoms with van der Waals surface area (Å²) < 4.78 is 0. The van der Waals surface area contributed by atoms with E-state index in [4.69, 9.17) is 11.6 Å². The zero-order valence-electron chi connectivity index (χ0n) is 16.3. The van der Waals surface area contributed by atoms with Crippen molar-refractivity contribution in [2.45, 2.75) is 12.8 Å². The molecule has 0 saturated carbocycles. The van der Waals surface area contributed by atoms with Crippen molar-refractivity contribution in [3.63, 3.8) is 0 Å². The van der Waals surface area contributed by atoms with E-state index in [-0.39, 0.29) is 11.8 Å². The number of hydrogen-bond acceptors (Lipinski definition) is 6. The molecule has 3 aromatic rings. The number of thiazole rings is 1. The second-order valence-electron chi connectivity index (χ2n) is 7.41. The second-order valence-corrected chi connectivity index (χ2v) is 8.81. The highest BCUT2D eigenvalue weighted by molar-refractivity contribution is 7.21. The lowest BCUT2D eigenvalue weighted by Crippen LogP contribution is -2.49. The number of piperazine rings is 1. The zero-order chi connectivity index (χ0) is 20.7. The van der Waals surface area contributed by atoms with Gasteiger partial charge in [-0.2, -0.15) is 0 Å². The molecule has 0 aliphatic carbocycles. The summed E-state index contributed by atoms with van der Waals surface area (Å²) in [6.07, 6.45) is 3.08. The molecule has 0 unspecified atom stereocenters. The van der Waals surface area contributed by atoms with Crippen molar-refractivity contribution in [3.05, 3.63) is 47.1 Å². The van der Waals surface area contributed by atoms with Crippen molar-refractivity contribution < 1.29 is 9.59 Å². The summed E-state index contributed by atoms with van der Waals surface area (Å²) in [5.41, 5.74) is 2.05. The second kappa shape index (κ2) is 7.85. The predicted octanol–water partition coefficient (Wildman–Crippen LogP) is 3.43. The fourth-order valence-electron chi connectivity index (χ4n) is 3.98. The Kier molecular flexibility index (Phi) is 5.04. The van der Waals surface area contributed by atoms with Crippen LogP contribution in [0.4, 0.5) is 10.8 Å². The first-order valence-corrected chi connectivity index (χ1v) is 11.2. The van der Waals surface area contributed by atoms with Gasteiger partial charge in [0.1, 0.15) is 10.3 Å². The minimum Gasteiger partial charge on any atom is -0.344 e. The summed E-state index contributed by atoms with van der Waals surface area (Å²) in [5.74, 6) is -0.0208. The normalized spacial score (nSPS) is 17.2. The molecule has 2 saturated heterocycles. The third kappa shape index (κ3) is 3.50. The largest absolute Gasteiger partial charge is 0.344 e. The number of nitrogens with zero attached hydrogens (tertiary/aromatic N) is 5. The van der Waals surface area contributed by atoms with Crippen LogP contribution in [0.15, 0.2) is 36.5 Å². The molecule has 9 heteroatoms. The van der Waals surface area contributed by atoms with Gasteiger partial charge in [0.15, 0.2) is 5.13 Å². The minimum atomic E-state index is -0.0630. The lowest BCUT2D eigenvalue weighted by atomic mass is 10.1. The SMILES string of the molecule is O=C(c1ccc(Cl)cc1N1CCCC1=O)N1CCN(c2nc3cccnc3s2)CC1. The fourth-order valence-corrected chi connectivity index (χ4v) is 5.10. The third-order valence-corrected chi connectivity index (χ3v) is 6.82. The number of rotatable bonds is 3. The average Bonchev–Trinajstić information content (AvgIpc) is 3.39. The van der Waals surface area contributed by atoms with Crippen LogP contribution < -0.4 is 9.80 Å². The van der Waals surface area contributed by atoms with E-state index in [1.807, 2.05) is 17.0 Å². The lowest BCUT2D eigenvalue weighted by molar-refractivity contribution is -0.117. The van der Waals surface area contributed by atoms with Gasteiger partial charge in [0.05, 0.1) is 11.3 Å². The van der Waals surface area contributed by atoms with Crippen LogP contribution in [0.1, 0.15) is 23.2 Å². The van der Waals surface area contributed by atoms with Crippen molar-refractivity contribution in [3.8, 4) is 0 Å². The molecule has 30 heavy (non-hydrogen) atoms. The number of halogens is 1. The molecule has 2 amide bonds. The molecule has 2 aromatic heterocycles. The first-order chi connectivity index (χ1) is 14.6. The molecule has 0 bridgehead atoms. The van der Waals surface area contributed by atoms with Gasteiger partial charge in [-0.25, -0.2) is 9.97 Å². The molecule has 2 fully saturated rings. The van der Waals surface area contributed by atoms with E-state index in [1.54, 1.807) is 40.6 Å². The van der Waals surface area contributed by atoms with Crippen molar-refractivity contribution in [2.75, 3.05) is 42.5 Å². The predicted molar refractivity (Wildman–Crippen MR) is 119 cm³/mol. The van der Waals surface area contributed by atoms with Gasteiger partial charge in [-0.05, 0) is 36.8 Å². The van der Waals surface area contributed by atoms with Crippen LogP contribution in [0, 0.1) is 0 Å². The smallest absolute Gasteiger partial charge is 0.256 e. The first-order valence-electron chi connectivity index (χ1n) is 9.96. The Balaban J connectivity index is 1.33. The molecule has 1 aromatic carbocycles. The molecule has 5 rings (SSSR count). The van der Waals surface area contributed by atoms with Gasteiger partial charge in [0, 0.05) is 50.4 Å². The first kappa shape index (κ1) is 19.3. The summed E-state index contributed by atoms with van der Waals surface area (Å²) in [6, 6.07) is 9.02. The van der Waals surface area contributed by atoms with Gasteiger partial charge in [-0.3, -0.25) is 9.59 Å².